The third-order valence-corrected chi connectivity index (χ3v) is 5.66. The van der Waals surface area contributed by atoms with Crippen LogP contribution in [0.25, 0.3) is 10.6 Å². The fourth-order valence-electron chi connectivity index (χ4n) is 3.05. The average molecular weight is 455 g/mol. The molecule has 0 bridgehead atoms. The van der Waals surface area contributed by atoms with Gasteiger partial charge in [-0.05, 0) is 31.0 Å². The van der Waals surface area contributed by atoms with Gasteiger partial charge in [-0.25, -0.2) is 0 Å². The molecule has 0 aliphatic heterocycles. The minimum Gasteiger partial charge on any atom is -0.497 e. The molecule has 1 atom stereocenters. The number of hydrogen-bond acceptors (Lipinski definition) is 7. The zero-order valence-electron chi connectivity index (χ0n) is 18.6. The first kappa shape index (κ1) is 23.2. The number of carbonyl (C=O) groups is 2. The van der Waals surface area contributed by atoms with E-state index in [1.54, 1.807) is 18.2 Å². The highest BCUT2D eigenvalue weighted by Gasteiger charge is 2.26. The normalized spacial score (nSPS) is 11.7. The second kappa shape index (κ2) is 10.2. The minimum atomic E-state index is -0.772. The molecule has 1 aromatic heterocycles. The molecule has 0 aliphatic rings. The van der Waals surface area contributed by atoms with Crippen molar-refractivity contribution in [3.63, 3.8) is 0 Å². The van der Waals surface area contributed by atoms with E-state index in [9.17, 15) is 9.59 Å². The summed E-state index contributed by atoms with van der Waals surface area (Å²) >= 11 is 1.28. The molecule has 168 valence electrons. The summed E-state index contributed by atoms with van der Waals surface area (Å²) in [7, 11) is 3.02. The second-order valence-corrected chi connectivity index (χ2v) is 8.55. The lowest BCUT2D eigenvalue weighted by Gasteiger charge is -2.21. The van der Waals surface area contributed by atoms with E-state index in [0.29, 0.717) is 27.2 Å². The summed E-state index contributed by atoms with van der Waals surface area (Å²) in [4.78, 5) is 25.8. The number of carbonyl (C=O) groups excluding carboxylic acids is 2. The average Bonchev–Trinajstić information content (AvgIpc) is 3.25. The molecule has 0 saturated carbocycles. The van der Waals surface area contributed by atoms with Crippen molar-refractivity contribution in [3.8, 4) is 22.1 Å². The molecule has 3 aromatic rings. The maximum Gasteiger partial charge on any atom is 0.252 e. The summed E-state index contributed by atoms with van der Waals surface area (Å²) < 4.78 is 10.4. The Labute approximate surface area is 191 Å². The SMILES string of the molecule is COc1cc(OC)cc(C(=O)NC(C(=O)Nc2nnc(-c3cccc(C)c3)s2)C(C)C)c1. The van der Waals surface area contributed by atoms with Gasteiger partial charge in [0.25, 0.3) is 5.91 Å². The van der Waals surface area contributed by atoms with Gasteiger partial charge in [0.1, 0.15) is 22.5 Å². The van der Waals surface area contributed by atoms with Crippen molar-refractivity contribution in [1.82, 2.24) is 15.5 Å². The molecule has 0 saturated heterocycles. The van der Waals surface area contributed by atoms with E-state index in [1.807, 2.05) is 45.0 Å². The molecule has 1 heterocycles. The molecule has 32 heavy (non-hydrogen) atoms. The molecule has 3 rings (SSSR count). The highest BCUT2D eigenvalue weighted by atomic mass is 32.1. The highest BCUT2D eigenvalue weighted by molar-refractivity contribution is 7.18. The molecular weight excluding hydrogens is 428 g/mol. The summed E-state index contributed by atoms with van der Waals surface area (Å²) in [6, 6.07) is 12.0. The Morgan fingerprint density at radius 1 is 1.00 bits per heavy atom. The van der Waals surface area contributed by atoms with Gasteiger partial charge in [-0.15, -0.1) is 10.2 Å². The first-order valence-electron chi connectivity index (χ1n) is 10.1. The lowest BCUT2D eigenvalue weighted by molar-refractivity contribution is -0.118. The van der Waals surface area contributed by atoms with Crippen molar-refractivity contribution in [1.29, 1.82) is 0 Å². The number of amides is 2. The van der Waals surface area contributed by atoms with Crippen molar-refractivity contribution in [3.05, 3.63) is 53.6 Å². The Kier molecular flexibility index (Phi) is 7.42. The summed E-state index contributed by atoms with van der Waals surface area (Å²) in [5.74, 6) is 0.0368. The van der Waals surface area contributed by atoms with Crippen LogP contribution in [0.4, 0.5) is 5.13 Å². The number of methoxy groups -OCH3 is 2. The van der Waals surface area contributed by atoms with E-state index in [2.05, 4.69) is 20.8 Å². The third-order valence-electron chi connectivity index (χ3n) is 4.77. The van der Waals surface area contributed by atoms with Crippen LogP contribution in [-0.4, -0.2) is 42.3 Å². The van der Waals surface area contributed by atoms with Crippen molar-refractivity contribution in [2.75, 3.05) is 19.5 Å². The Balaban J connectivity index is 1.73. The lowest BCUT2D eigenvalue weighted by atomic mass is 10.0. The number of benzene rings is 2. The molecule has 8 nitrogen and oxygen atoms in total. The van der Waals surface area contributed by atoms with Crippen LogP contribution in [-0.2, 0) is 4.79 Å². The second-order valence-electron chi connectivity index (χ2n) is 7.57. The minimum absolute atomic E-state index is 0.157. The summed E-state index contributed by atoms with van der Waals surface area (Å²) in [5, 5.41) is 14.9. The number of ether oxygens (including phenoxy) is 2. The van der Waals surface area contributed by atoms with E-state index >= 15 is 0 Å². The van der Waals surface area contributed by atoms with E-state index in [0.717, 1.165) is 11.1 Å². The van der Waals surface area contributed by atoms with Crippen LogP contribution >= 0.6 is 11.3 Å². The van der Waals surface area contributed by atoms with Gasteiger partial charge in [-0.2, -0.15) is 0 Å². The monoisotopic (exact) mass is 454 g/mol. The first-order valence-corrected chi connectivity index (χ1v) is 10.9. The van der Waals surface area contributed by atoms with Gasteiger partial charge in [-0.3, -0.25) is 14.9 Å². The zero-order valence-corrected chi connectivity index (χ0v) is 19.4. The van der Waals surface area contributed by atoms with E-state index in [-0.39, 0.29) is 11.8 Å². The number of hydrogen-bond donors (Lipinski definition) is 2. The van der Waals surface area contributed by atoms with Gasteiger partial charge in [0.15, 0.2) is 0 Å². The number of anilines is 1. The molecular formula is C23H26N4O4S. The van der Waals surface area contributed by atoms with Gasteiger partial charge in [0, 0.05) is 17.2 Å². The summed E-state index contributed by atoms with van der Waals surface area (Å²) in [6.45, 7) is 5.71. The van der Waals surface area contributed by atoms with E-state index < -0.39 is 11.9 Å². The fourth-order valence-corrected chi connectivity index (χ4v) is 3.79. The van der Waals surface area contributed by atoms with Gasteiger partial charge in [-0.1, -0.05) is 48.9 Å². The molecule has 0 radical (unpaired) electrons. The van der Waals surface area contributed by atoms with Crippen LogP contribution < -0.4 is 20.1 Å². The number of nitrogens with one attached hydrogen (secondary N) is 2. The molecule has 1 unspecified atom stereocenters. The Hall–Kier alpha value is -3.46. The topological polar surface area (TPSA) is 102 Å². The summed E-state index contributed by atoms with van der Waals surface area (Å²) in [6.07, 6.45) is 0. The molecule has 9 heteroatoms. The van der Waals surface area contributed by atoms with Gasteiger partial charge >= 0.3 is 0 Å². The number of nitrogens with zero attached hydrogens (tertiary/aromatic N) is 2. The molecule has 0 spiro atoms. The summed E-state index contributed by atoms with van der Waals surface area (Å²) in [5.41, 5.74) is 2.38. The number of aryl methyl sites for hydroxylation is 1. The molecule has 2 N–H and O–H groups in total. The maximum atomic E-state index is 12.9. The first-order chi connectivity index (χ1) is 15.3. The maximum absolute atomic E-state index is 12.9. The predicted octanol–water partition coefficient (Wildman–Crippen LogP) is 3.92. The smallest absolute Gasteiger partial charge is 0.252 e. The molecule has 2 amide bonds. The van der Waals surface area contributed by atoms with Crippen molar-refractivity contribution in [2.24, 2.45) is 5.92 Å². The molecule has 2 aromatic carbocycles. The van der Waals surface area contributed by atoms with Crippen LogP contribution in [0.1, 0.15) is 29.8 Å². The standard InChI is InChI=1S/C23H26N4O4S/c1-13(2)19(24-20(28)16-10-17(30-4)12-18(11-16)31-5)21(29)25-23-27-26-22(32-23)15-8-6-7-14(3)9-15/h6-13,19H,1-5H3,(H,24,28)(H,25,27,29). The van der Waals surface area contributed by atoms with E-state index in [4.69, 9.17) is 9.47 Å². The molecule has 0 aliphatic carbocycles. The zero-order chi connectivity index (χ0) is 23.3. The molecule has 0 fully saturated rings. The van der Waals surface area contributed by atoms with Crippen molar-refractivity contribution >= 4 is 28.3 Å². The van der Waals surface area contributed by atoms with Crippen LogP contribution in [0.15, 0.2) is 42.5 Å². The van der Waals surface area contributed by atoms with Crippen LogP contribution in [0.2, 0.25) is 0 Å². The van der Waals surface area contributed by atoms with Crippen molar-refractivity contribution < 1.29 is 19.1 Å². The number of rotatable bonds is 8. The predicted molar refractivity (Wildman–Crippen MR) is 124 cm³/mol. The van der Waals surface area contributed by atoms with Crippen LogP contribution in [0.5, 0.6) is 11.5 Å². The van der Waals surface area contributed by atoms with Crippen LogP contribution in [0.3, 0.4) is 0 Å². The van der Waals surface area contributed by atoms with Crippen LogP contribution in [0, 0.1) is 12.8 Å². The lowest BCUT2D eigenvalue weighted by Crippen LogP contribution is -2.47. The van der Waals surface area contributed by atoms with Crippen molar-refractivity contribution in [2.45, 2.75) is 26.8 Å². The van der Waals surface area contributed by atoms with Gasteiger partial charge < -0.3 is 14.8 Å². The van der Waals surface area contributed by atoms with E-state index in [1.165, 1.54) is 25.6 Å². The largest absolute Gasteiger partial charge is 0.497 e. The Morgan fingerprint density at radius 3 is 2.28 bits per heavy atom. The Bertz CT molecular complexity index is 1090. The third kappa shape index (κ3) is 5.61. The fraction of sp³-hybridized carbons (Fsp3) is 0.304. The highest BCUT2D eigenvalue weighted by Crippen LogP contribution is 2.27. The van der Waals surface area contributed by atoms with Gasteiger partial charge in [0.05, 0.1) is 14.2 Å². The quantitative estimate of drug-likeness (QED) is 0.535. The van der Waals surface area contributed by atoms with Gasteiger partial charge in [0.2, 0.25) is 11.0 Å². The Morgan fingerprint density at radius 2 is 1.69 bits per heavy atom. The number of aromatic nitrogens is 2.